The number of hydrogen-bond donors (Lipinski definition) is 1. The van der Waals surface area contributed by atoms with E-state index < -0.39 is 0 Å². The van der Waals surface area contributed by atoms with Crippen LogP contribution in [0.5, 0.6) is 0 Å². The molecule has 0 spiro atoms. The summed E-state index contributed by atoms with van der Waals surface area (Å²) in [4.78, 5) is 10.7. The standard InChI is InChI=1S/C13H17BrN2O2S/c1-19-13(5-2-6-13)9-15-8-10-7-11(14)3-4-12(10)16(17)18/h3-4,7,15H,2,5-6,8-9H2,1H3. The molecule has 0 heterocycles. The molecule has 1 aromatic rings. The van der Waals surface area contributed by atoms with E-state index in [0.717, 1.165) is 16.6 Å². The summed E-state index contributed by atoms with van der Waals surface area (Å²) in [7, 11) is 0. The fourth-order valence-electron chi connectivity index (χ4n) is 2.32. The van der Waals surface area contributed by atoms with Gasteiger partial charge in [-0.05, 0) is 31.2 Å². The lowest BCUT2D eigenvalue weighted by atomic mass is 9.84. The van der Waals surface area contributed by atoms with Crippen molar-refractivity contribution in [1.82, 2.24) is 5.32 Å². The summed E-state index contributed by atoms with van der Waals surface area (Å²) in [5.74, 6) is 0. The van der Waals surface area contributed by atoms with Gasteiger partial charge in [-0.3, -0.25) is 10.1 Å². The highest BCUT2D eigenvalue weighted by Gasteiger charge is 2.35. The molecule has 0 aliphatic heterocycles. The lowest BCUT2D eigenvalue weighted by Gasteiger charge is -2.40. The minimum Gasteiger partial charge on any atom is -0.311 e. The Kier molecular flexibility index (Phi) is 4.86. The zero-order valence-electron chi connectivity index (χ0n) is 10.8. The number of halogens is 1. The van der Waals surface area contributed by atoms with Crippen LogP contribution in [0.1, 0.15) is 24.8 Å². The molecular formula is C13H17BrN2O2S. The molecule has 0 unspecified atom stereocenters. The Morgan fingerprint density at radius 2 is 2.26 bits per heavy atom. The van der Waals surface area contributed by atoms with E-state index >= 15 is 0 Å². The van der Waals surface area contributed by atoms with Crippen LogP contribution < -0.4 is 5.32 Å². The van der Waals surface area contributed by atoms with Crippen molar-refractivity contribution in [3.05, 3.63) is 38.3 Å². The van der Waals surface area contributed by atoms with Crippen molar-refractivity contribution in [3.8, 4) is 0 Å². The average molecular weight is 345 g/mol. The van der Waals surface area contributed by atoms with Crippen molar-refractivity contribution in [1.29, 1.82) is 0 Å². The van der Waals surface area contributed by atoms with Crippen molar-refractivity contribution >= 4 is 33.4 Å². The molecule has 1 aromatic carbocycles. The van der Waals surface area contributed by atoms with Crippen LogP contribution in [-0.2, 0) is 6.54 Å². The van der Waals surface area contributed by atoms with Gasteiger partial charge in [0.1, 0.15) is 0 Å². The van der Waals surface area contributed by atoms with E-state index in [1.807, 2.05) is 17.8 Å². The van der Waals surface area contributed by atoms with Crippen molar-refractivity contribution in [2.45, 2.75) is 30.6 Å². The fraction of sp³-hybridized carbons (Fsp3) is 0.538. The molecule has 4 nitrogen and oxygen atoms in total. The maximum Gasteiger partial charge on any atom is 0.273 e. The zero-order valence-corrected chi connectivity index (χ0v) is 13.2. The number of nitro benzene ring substituents is 1. The summed E-state index contributed by atoms with van der Waals surface area (Å²) in [5.41, 5.74) is 0.914. The molecule has 19 heavy (non-hydrogen) atoms. The number of rotatable bonds is 6. The Morgan fingerprint density at radius 1 is 1.53 bits per heavy atom. The van der Waals surface area contributed by atoms with Crippen LogP contribution in [0.25, 0.3) is 0 Å². The number of nitrogens with zero attached hydrogens (tertiary/aromatic N) is 1. The highest BCUT2D eigenvalue weighted by molar-refractivity contribution is 9.10. The third-order valence-corrected chi connectivity index (χ3v) is 5.61. The van der Waals surface area contributed by atoms with Gasteiger partial charge in [-0.1, -0.05) is 22.4 Å². The van der Waals surface area contributed by atoms with Crippen molar-refractivity contribution in [2.24, 2.45) is 0 Å². The maximum atomic E-state index is 11.0. The van der Waals surface area contributed by atoms with Crippen LogP contribution >= 0.6 is 27.7 Å². The summed E-state index contributed by atoms with van der Waals surface area (Å²) in [6, 6.07) is 5.07. The minimum absolute atomic E-state index is 0.183. The Morgan fingerprint density at radius 3 is 2.79 bits per heavy atom. The van der Waals surface area contributed by atoms with Gasteiger partial charge in [0.05, 0.1) is 4.92 Å². The van der Waals surface area contributed by atoms with Gasteiger partial charge in [0.25, 0.3) is 5.69 Å². The molecule has 2 rings (SSSR count). The number of thioether (sulfide) groups is 1. The highest BCUT2D eigenvalue weighted by Crippen LogP contribution is 2.42. The summed E-state index contributed by atoms with van der Waals surface area (Å²) in [5, 5.41) is 14.3. The number of hydrogen-bond acceptors (Lipinski definition) is 4. The second kappa shape index (κ2) is 6.24. The van der Waals surface area contributed by atoms with E-state index in [9.17, 15) is 10.1 Å². The van der Waals surface area contributed by atoms with E-state index in [4.69, 9.17) is 0 Å². The van der Waals surface area contributed by atoms with Crippen LogP contribution in [0.4, 0.5) is 5.69 Å². The molecule has 1 saturated carbocycles. The summed E-state index contributed by atoms with van der Waals surface area (Å²) in [6.45, 7) is 1.45. The Balaban J connectivity index is 1.99. The molecule has 6 heteroatoms. The number of nitrogens with one attached hydrogen (secondary N) is 1. The third kappa shape index (κ3) is 3.49. The van der Waals surface area contributed by atoms with E-state index in [-0.39, 0.29) is 10.6 Å². The van der Waals surface area contributed by atoms with Crippen LogP contribution in [-0.4, -0.2) is 22.5 Å². The molecule has 1 N–H and O–H groups in total. The molecule has 0 amide bonds. The number of nitro groups is 1. The molecule has 104 valence electrons. The van der Waals surface area contributed by atoms with Crippen LogP contribution in [0.2, 0.25) is 0 Å². The van der Waals surface area contributed by atoms with E-state index in [1.54, 1.807) is 12.1 Å². The SMILES string of the molecule is CSC1(CNCc2cc(Br)ccc2[N+](=O)[O-])CCC1. The lowest BCUT2D eigenvalue weighted by Crippen LogP contribution is -2.43. The van der Waals surface area contributed by atoms with Crippen molar-refractivity contribution in [3.63, 3.8) is 0 Å². The largest absolute Gasteiger partial charge is 0.311 e. The monoisotopic (exact) mass is 344 g/mol. The second-order valence-electron chi connectivity index (χ2n) is 4.87. The molecule has 0 atom stereocenters. The molecule has 0 radical (unpaired) electrons. The summed E-state index contributed by atoms with van der Waals surface area (Å²) < 4.78 is 1.22. The van der Waals surface area contributed by atoms with Crippen molar-refractivity contribution in [2.75, 3.05) is 12.8 Å². The Labute approximate surface area is 125 Å². The maximum absolute atomic E-state index is 11.0. The normalized spacial score (nSPS) is 16.9. The van der Waals surface area contributed by atoms with Gasteiger partial charge < -0.3 is 5.32 Å². The topological polar surface area (TPSA) is 55.2 Å². The smallest absolute Gasteiger partial charge is 0.273 e. The van der Waals surface area contributed by atoms with E-state index in [1.165, 1.54) is 19.3 Å². The first kappa shape index (κ1) is 14.8. The first-order chi connectivity index (χ1) is 9.06. The van der Waals surface area contributed by atoms with E-state index in [2.05, 4.69) is 27.5 Å². The summed E-state index contributed by atoms with van der Waals surface area (Å²) in [6.07, 6.45) is 5.91. The Hall–Kier alpha value is -0.590. The second-order valence-corrected chi connectivity index (χ2v) is 7.06. The van der Waals surface area contributed by atoms with Crippen LogP contribution in [0, 0.1) is 10.1 Å². The summed E-state index contributed by atoms with van der Waals surface area (Å²) >= 11 is 5.26. The molecule has 1 aliphatic rings. The minimum atomic E-state index is -0.322. The molecular weight excluding hydrogens is 328 g/mol. The van der Waals surface area contributed by atoms with Gasteiger partial charge in [0.2, 0.25) is 0 Å². The fourth-order valence-corrected chi connectivity index (χ4v) is 3.67. The molecule has 0 aromatic heterocycles. The van der Waals surface area contributed by atoms with Gasteiger partial charge in [0, 0.05) is 33.9 Å². The highest BCUT2D eigenvalue weighted by atomic mass is 79.9. The van der Waals surface area contributed by atoms with Crippen LogP contribution in [0.15, 0.2) is 22.7 Å². The molecule has 0 saturated heterocycles. The molecule has 1 aliphatic carbocycles. The predicted molar refractivity (Wildman–Crippen MR) is 82.6 cm³/mol. The van der Waals surface area contributed by atoms with Gasteiger partial charge in [0.15, 0.2) is 0 Å². The first-order valence-electron chi connectivity index (χ1n) is 6.25. The number of benzene rings is 1. The van der Waals surface area contributed by atoms with Gasteiger partial charge in [-0.2, -0.15) is 11.8 Å². The van der Waals surface area contributed by atoms with Crippen molar-refractivity contribution < 1.29 is 4.92 Å². The Bertz CT molecular complexity index is 472. The third-order valence-electron chi connectivity index (χ3n) is 3.70. The van der Waals surface area contributed by atoms with Gasteiger partial charge in [-0.15, -0.1) is 0 Å². The predicted octanol–water partition coefficient (Wildman–Crippen LogP) is 3.73. The molecule has 1 fully saturated rings. The van der Waals surface area contributed by atoms with Crippen LogP contribution in [0.3, 0.4) is 0 Å². The van der Waals surface area contributed by atoms with Gasteiger partial charge >= 0.3 is 0 Å². The van der Waals surface area contributed by atoms with E-state index in [0.29, 0.717) is 11.3 Å². The molecule has 0 bridgehead atoms. The average Bonchev–Trinajstić information content (AvgIpc) is 2.32. The van der Waals surface area contributed by atoms with Gasteiger partial charge in [-0.25, -0.2) is 0 Å². The first-order valence-corrected chi connectivity index (χ1v) is 8.27. The quantitative estimate of drug-likeness (QED) is 0.630. The lowest BCUT2D eigenvalue weighted by molar-refractivity contribution is -0.385. The zero-order chi connectivity index (χ0) is 13.9.